The Bertz CT molecular complexity index is 309. The molecule has 0 unspecified atom stereocenters. The number of rotatable bonds is 8. The summed E-state index contributed by atoms with van der Waals surface area (Å²) >= 11 is 0. The topological polar surface area (TPSA) is 57.8 Å². The van der Waals surface area contributed by atoms with E-state index in [1.165, 1.54) is 25.7 Å². The van der Waals surface area contributed by atoms with E-state index in [0.29, 0.717) is 12.2 Å². The smallest absolute Gasteiger partial charge is 0.338 e. The summed E-state index contributed by atoms with van der Waals surface area (Å²) in [7, 11) is 0. The van der Waals surface area contributed by atoms with Crippen LogP contribution in [0.2, 0.25) is 0 Å². The summed E-state index contributed by atoms with van der Waals surface area (Å²) in [5, 5.41) is 0. The first kappa shape index (κ1) is 16.6. The minimum absolute atomic E-state index is 0. The van der Waals surface area contributed by atoms with Crippen LogP contribution in [0, 0.1) is 0 Å². The zero-order valence-electron chi connectivity index (χ0n) is 11.2. The average Bonchev–Trinajstić information content (AvgIpc) is 2.38. The van der Waals surface area contributed by atoms with E-state index in [2.05, 4.69) is 6.92 Å². The molecule has 0 bridgehead atoms. The molecule has 0 saturated heterocycles. The van der Waals surface area contributed by atoms with Crippen molar-refractivity contribution >= 4 is 5.97 Å². The molecule has 3 nitrogen and oxygen atoms in total. The summed E-state index contributed by atoms with van der Waals surface area (Å²) in [6.45, 7) is 2.75. The lowest BCUT2D eigenvalue weighted by Crippen LogP contribution is -2.06. The van der Waals surface area contributed by atoms with Crippen molar-refractivity contribution in [3.63, 3.8) is 0 Å². The van der Waals surface area contributed by atoms with E-state index in [0.717, 1.165) is 12.8 Å². The van der Waals surface area contributed by atoms with Gasteiger partial charge >= 0.3 is 5.97 Å². The third kappa shape index (κ3) is 7.07. The van der Waals surface area contributed by atoms with Crippen LogP contribution in [0.3, 0.4) is 0 Å². The molecule has 102 valence electrons. The summed E-state index contributed by atoms with van der Waals surface area (Å²) < 4.78 is 5.20. The van der Waals surface area contributed by atoms with Crippen molar-refractivity contribution in [3.05, 3.63) is 35.9 Å². The van der Waals surface area contributed by atoms with Gasteiger partial charge in [-0.2, -0.15) is 0 Å². The molecular formula is C15H24O3. The first-order valence-corrected chi connectivity index (χ1v) is 6.56. The molecule has 0 saturated carbocycles. The lowest BCUT2D eigenvalue weighted by Gasteiger charge is -2.04. The molecule has 0 radical (unpaired) electrons. The largest absolute Gasteiger partial charge is 0.462 e. The fourth-order valence-electron chi connectivity index (χ4n) is 1.70. The molecule has 18 heavy (non-hydrogen) atoms. The van der Waals surface area contributed by atoms with Crippen molar-refractivity contribution in [3.8, 4) is 0 Å². The highest BCUT2D eigenvalue weighted by molar-refractivity contribution is 5.89. The summed E-state index contributed by atoms with van der Waals surface area (Å²) in [6, 6.07) is 9.15. The number of unbranched alkanes of at least 4 members (excludes halogenated alkanes) is 5. The Labute approximate surface area is 109 Å². The number of carbonyl (C=O) groups is 1. The molecule has 0 aliphatic carbocycles. The van der Waals surface area contributed by atoms with Crippen LogP contribution >= 0.6 is 0 Å². The summed E-state index contributed by atoms with van der Waals surface area (Å²) in [5.41, 5.74) is 0.637. The van der Waals surface area contributed by atoms with Crippen LogP contribution < -0.4 is 0 Å². The summed E-state index contributed by atoms with van der Waals surface area (Å²) in [6.07, 6.45) is 7.25. The predicted octanol–water partition coefficient (Wildman–Crippen LogP) is 3.38. The van der Waals surface area contributed by atoms with E-state index in [9.17, 15) is 4.79 Å². The lowest BCUT2D eigenvalue weighted by atomic mass is 10.1. The van der Waals surface area contributed by atoms with E-state index >= 15 is 0 Å². The molecule has 1 aromatic rings. The Balaban J connectivity index is 0.00000289. The van der Waals surface area contributed by atoms with E-state index in [1.807, 2.05) is 18.2 Å². The first-order chi connectivity index (χ1) is 8.34. The fourth-order valence-corrected chi connectivity index (χ4v) is 1.70. The number of ether oxygens (including phenoxy) is 1. The Morgan fingerprint density at radius 1 is 1.00 bits per heavy atom. The molecule has 0 heterocycles. The van der Waals surface area contributed by atoms with Crippen LogP contribution in [-0.4, -0.2) is 18.1 Å². The van der Waals surface area contributed by atoms with Gasteiger partial charge in [0.05, 0.1) is 12.2 Å². The van der Waals surface area contributed by atoms with Gasteiger partial charge in [0, 0.05) is 0 Å². The highest BCUT2D eigenvalue weighted by Crippen LogP contribution is 2.06. The molecule has 2 N–H and O–H groups in total. The third-order valence-electron chi connectivity index (χ3n) is 2.74. The number of hydrogen-bond donors (Lipinski definition) is 0. The zero-order valence-corrected chi connectivity index (χ0v) is 11.2. The maximum atomic E-state index is 11.6. The van der Waals surface area contributed by atoms with Gasteiger partial charge in [-0.15, -0.1) is 0 Å². The second kappa shape index (κ2) is 10.8. The van der Waals surface area contributed by atoms with Gasteiger partial charge in [0.15, 0.2) is 0 Å². The predicted molar refractivity (Wildman–Crippen MR) is 73.7 cm³/mol. The van der Waals surface area contributed by atoms with Gasteiger partial charge < -0.3 is 10.2 Å². The average molecular weight is 252 g/mol. The Morgan fingerprint density at radius 2 is 1.61 bits per heavy atom. The van der Waals surface area contributed by atoms with Crippen molar-refractivity contribution in [2.24, 2.45) is 0 Å². The molecule has 0 fully saturated rings. The monoisotopic (exact) mass is 252 g/mol. The van der Waals surface area contributed by atoms with E-state index < -0.39 is 0 Å². The maximum Gasteiger partial charge on any atom is 0.338 e. The molecule has 1 aromatic carbocycles. The van der Waals surface area contributed by atoms with Crippen molar-refractivity contribution in [1.29, 1.82) is 0 Å². The summed E-state index contributed by atoms with van der Waals surface area (Å²) in [4.78, 5) is 11.6. The second-order valence-corrected chi connectivity index (χ2v) is 4.27. The van der Waals surface area contributed by atoms with Crippen LogP contribution in [0.1, 0.15) is 55.8 Å². The first-order valence-electron chi connectivity index (χ1n) is 6.56. The van der Waals surface area contributed by atoms with E-state index in [1.54, 1.807) is 12.1 Å². The SMILES string of the molecule is CCCCCCCCOC(=O)c1ccccc1.O. The Morgan fingerprint density at radius 3 is 2.28 bits per heavy atom. The minimum atomic E-state index is -0.209. The van der Waals surface area contributed by atoms with Gasteiger partial charge in [-0.1, -0.05) is 57.2 Å². The van der Waals surface area contributed by atoms with Crippen LogP contribution in [0.5, 0.6) is 0 Å². The van der Waals surface area contributed by atoms with Gasteiger partial charge in [0.2, 0.25) is 0 Å². The Hall–Kier alpha value is -1.35. The second-order valence-electron chi connectivity index (χ2n) is 4.27. The van der Waals surface area contributed by atoms with Gasteiger partial charge in [0.25, 0.3) is 0 Å². The van der Waals surface area contributed by atoms with Crippen LogP contribution in [0.4, 0.5) is 0 Å². The quantitative estimate of drug-likeness (QED) is 0.526. The number of benzene rings is 1. The molecule has 0 amide bonds. The number of hydrogen-bond acceptors (Lipinski definition) is 2. The molecule has 3 heteroatoms. The van der Waals surface area contributed by atoms with Crippen LogP contribution in [0.25, 0.3) is 0 Å². The lowest BCUT2D eigenvalue weighted by molar-refractivity contribution is 0.0497. The molecule has 0 atom stereocenters. The van der Waals surface area contributed by atoms with Gasteiger partial charge in [0.1, 0.15) is 0 Å². The van der Waals surface area contributed by atoms with Crippen molar-refractivity contribution in [2.45, 2.75) is 45.4 Å². The molecule has 0 spiro atoms. The summed E-state index contributed by atoms with van der Waals surface area (Å²) in [5.74, 6) is -0.209. The maximum absolute atomic E-state index is 11.6. The molecule has 1 rings (SSSR count). The third-order valence-corrected chi connectivity index (χ3v) is 2.74. The fraction of sp³-hybridized carbons (Fsp3) is 0.533. The minimum Gasteiger partial charge on any atom is -0.462 e. The highest BCUT2D eigenvalue weighted by Gasteiger charge is 2.04. The Kier molecular flexibility index (Phi) is 9.97. The standard InChI is InChI=1S/C15H22O2.H2O/c1-2-3-4-5-6-10-13-17-15(16)14-11-8-7-9-12-14;/h7-9,11-12H,2-6,10,13H2,1H3;1H2. The van der Waals surface area contributed by atoms with E-state index in [4.69, 9.17) is 4.74 Å². The molecule has 0 aromatic heterocycles. The number of carbonyl (C=O) groups excluding carboxylic acids is 1. The van der Waals surface area contributed by atoms with Gasteiger partial charge in [-0.3, -0.25) is 0 Å². The normalized spacial score (nSPS) is 9.61. The molecule has 0 aliphatic rings. The van der Waals surface area contributed by atoms with Gasteiger partial charge in [-0.05, 0) is 18.6 Å². The molecule has 0 aliphatic heterocycles. The van der Waals surface area contributed by atoms with Crippen LogP contribution in [0.15, 0.2) is 30.3 Å². The van der Waals surface area contributed by atoms with Crippen molar-refractivity contribution in [1.82, 2.24) is 0 Å². The number of esters is 1. The van der Waals surface area contributed by atoms with E-state index in [-0.39, 0.29) is 11.4 Å². The highest BCUT2D eigenvalue weighted by atomic mass is 16.5. The van der Waals surface area contributed by atoms with Gasteiger partial charge in [-0.25, -0.2) is 4.79 Å². The molecular weight excluding hydrogens is 228 g/mol. The zero-order chi connectivity index (χ0) is 12.3. The van der Waals surface area contributed by atoms with Crippen LogP contribution in [-0.2, 0) is 4.74 Å². The van der Waals surface area contributed by atoms with Crippen molar-refractivity contribution < 1.29 is 15.0 Å². The van der Waals surface area contributed by atoms with Crippen molar-refractivity contribution in [2.75, 3.05) is 6.61 Å².